The first-order chi connectivity index (χ1) is 13.3. The van der Waals surface area contributed by atoms with E-state index in [1.165, 1.54) is 0 Å². The molecule has 0 aliphatic rings. The summed E-state index contributed by atoms with van der Waals surface area (Å²) >= 11 is 3.29. The molecule has 3 aromatic rings. The minimum atomic E-state index is -0.496. The van der Waals surface area contributed by atoms with Gasteiger partial charge in [-0.3, -0.25) is 9.59 Å². The molecule has 0 atom stereocenters. The molecule has 2 amide bonds. The van der Waals surface area contributed by atoms with Gasteiger partial charge in [0.1, 0.15) is 0 Å². The van der Waals surface area contributed by atoms with Crippen molar-refractivity contribution in [3.05, 3.63) is 74.6 Å². The van der Waals surface area contributed by atoms with E-state index in [4.69, 9.17) is 0 Å². The van der Waals surface area contributed by atoms with E-state index in [-0.39, 0.29) is 11.8 Å². The lowest BCUT2D eigenvalue weighted by molar-refractivity contribution is -0.123. The molecule has 4 nitrogen and oxygen atoms in total. The minimum Gasteiger partial charge on any atom is -0.328 e. The van der Waals surface area contributed by atoms with E-state index in [0.29, 0.717) is 24.3 Å². The van der Waals surface area contributed by atoms with E-state index in [0.717, 1.165) is 9.75 Å². The standard InChI is InChI=1S/C22H24N2O2S2/c1-22(2,3)21(26)23-17-8-4-7-16(13-17)20(25)24(14-18-9-5-11-27-18)15-19-10-6-12-28-19/h4-13H,14-15H2,1-3H3,(H,23,26). The lowest BCUT2D eigenvalue weighted by Crippen LogP contribution is -2.30. The summed E-state index contributed by atoms with van der Waals surface area (Å²) in [4.78, 5) is 29.7. The summed E-state index contributed by atoms with van der Waals surface area (Å²) in [6, 6.07) is 15.2. The lowest BCUT2D eigenvalue weighted by atomic mass is 9.95. The quantitative estimate of drug-likeness (QED) is 0.570. The topological polar surface area (TPSA) is 49.4 Å². The number of hydrogen-bond donors (Lipinski definition) is 1. The van der Waals surface area contributed by atoms with Crippen molar-refractivity contribution in [2.24, 2.45) is 5.41 Å². The maximum Gasteiger partial charge on any atom is 0.254 e. The molecule has 2 heterocycles. The second kappa shape index (κ2) is 8.71. The van der Waals surface area contributed by atoms with Crippen molar-refractivity contribution in [2.45, 2.75) is 33.9 Å². The van der Waals surface area contributed by atoms with Gasteiger partial charge in [-0.05, 0) is 41.1 Å². The zero-order chi connectivity index (χ0) is 20.1. The van der Waals surface area contributed by atoms with Crippen molar-refractivity contribution < 1.29 is 9.59 Å². The van der Waals surface area contributed by atoms with Crippen LogP contribution in [-0.2, 0) is 17.9 Å². The second-order valence-electron chi connectivity index (χ2n) is 7.60. The van der Waals surface area contributed by atoms with E-state index in [2.05, 4.69) is 5.32 Å². The lowest BCUT2D eigenvalue weighted by Gasteiger charge is -2.22. The first kappa shape index (κ1) is 20.3. The van der Waals surface area contributed by atoms with Crippen LogP contribution in [0.2, 0.25) is 0 Å². The van der Waals surface area contributed by atoms with Gasteiger partial charge >= 0.3 is 0 Å². The van der Waals surface area contributed by atoms with Crippen LogP contribution in [-0.4, -0.2) is 16.7 Å². The Balaban J connectivity index is 1.81. The molecular formula is C22H24N2O2S2. The van der Waals surface area contributed by atoms with Gasteiger partial charge in [0.05, 0.1) is 13.1 Å². The molecule has 0 radical (unpaired) electrons. The molecule has 0 aliphatic carbocycles. The third kappa shape index (κ3) is 5.30. The Bertz CT molecular complexity index is 890. The molecule has 2 aromatic heterocycles. The Kier molecular flexibility index (Phi) is 6.31. The summed E-state index contributed by atoms with van der Waals surface area (Å²) in [5, 5.41) is 6.94. The molecule has 0 fully saturated rings. The highest BCUT2D eigenvalue weighted by molar-refractivity contribution is 7.10. The van der Waals surface area contributed by atoms with Crippen molar-refractivity contribution in [1.29, 1.82) is 0 Å². The van der Waals surface area contributed by atoms with Crippen LogP contribution in [0.4, 0.5) is 5.69 Å². The zero-order valence-corrected chi connectivity index (χ0v) is 17.9. The summed E-state index contributed by atoms with van der Waals surface area (Å²) in [5.41, 5.74) is 0.711. The fourth-order valence-electron chi connectivity index (χ4n) is 2.61. The van der Waals surface area contributed by atoms with Crippen LogP contribution in [0.3, 0.4) is 0 Å². The molecule has 1 N–H and O–H groups in total. The van der Waals surface area contributed by atoms with Crippen LogP contribution in [0.1, 0.15) is 40.9 Å². The minimum absolute atomic E-state index is 0.0475. The number of anilines is 1. The highest BCUT2D eigenvalue weighted by Crippen LogP contribution is 2.22. The van der Waals surface area contributed by atoms with Gasteiger partial charge < -0.3 is 10.2 Å². The number of rotatable bonds is 6. The predicted octanol–water partition coefficient (Wildman–Crippen LogP) is 5.64. The molecule has 0 spiro atoms. The Morgan fingerprint density at radius 1 is 0.929 bits per heavy atom. The van der Waals surface area contributed by atoms with Gasteiger partial charge in [0, 0.05) is 26.4 Å². The number of hydrogen-bond acceptors (Lipinski definition) is 4. The van der Waals surface area contributed by atoms with Crippen LogP contribution in [0.15, 0.2) is 59.3 Å². The van der Waals surface area contributed by atoms with Crippen molar-refractivity contribution in [3.8, 4) is 0 Å². The first-order valence-electron chi connectivity index (χ1n) is 9.08. The predicted molar refractivity (Wildman–Crippen MR) is 117 cm³/mol. The van der Waals surface area contributed by atoms with E-state index in [9.17, 15) is 9.59 Å². The largest absolute Gasteiger partial charge is 0.328 e. The zero-order valence-electron chi connectivity index (χ0n) is 16.3. The molecule has 6 heteroatoms. The molecular weight excluding hydrogens is 388 g/mol. The summed E-state index contributed by atoms with van der Waals surface area (Å²) < 4.78 is 0. The average molecular weight is 413 g/mol. The number of nitrogens with one attached hydrogen (secondary N) is 1. The smallest absolute Gasteiger partial charge is 0.254 e. The van der Waals surface area contributed by atoms with Crippen molar-refractivity contribution in [1.82, 2.24) is 4.90 Å². The van der Waals surface area contributed by atoms with E-state index in [1.54, 1.807) is 40.9 Å². The number of amides is 2. The first-order valence-corrected chi connectivity index (χ1v) is 10.8. The van der Waals surface area contributed by atoms with E-state index >= 15 is 0 Å². The van der Waals surface area contributed by atoms with Gasteiger partial charge in [0.25, 0.3) is 5.91 Å². The molecule has 0 aliphatic heterocycles. The third-order valence-electron chi connectivity index (χ3n) is 4.19. The molecule has 3 rings (SSSR count). The van der Waals surface area contributed by atoms with Gasteiger partial charge in [-0.15, -0.1) is 22.7 Å². The third-order valence-corrected chi connectivity index (χ3v) is 5.91. The summed E-state index contributed by atoms with van der Waals surface area (Å²) in [6.45, 7) is 6.71. The van der Waals surface area contributed by atoms with E-state index in [1.807, 2.05) is 66.8 Å². The summed E-state index contributed by atoms with van der Waals surface area (Å²) in [7, 11) is 0. The maximum absolute atomic E-state index is 13.3. The molecule has 0 unspecified atom stereocenters. The number of nitrogens with zero attached hydrogens (tertiary/aromatic N) is 1. The second-order valence-corrected chi connectivity index (χ2v) is 9.67. The summed E-state index contributed by atoms with van der Waals surface area (Å²) in [5.74, 6) is -0.125. The SMILES string of the molecule is CC(C)(C)C(=O)Nc1cccc(C(=O)N(Cc2cccs2)Cc2cccs2)c1. The number of carbonyl (C=O) groups is 2. The Hall–Kier alpha value is -2.44. The van der Waals surface area contributed by atoms with Gasteiger partial charge in [0.15, 0.2) is 0 Å². The van der Waals surface area contributed by atoms with Crippen LogP contribution in [0, 0.1) is 5.41 Å². The fourth-order valence-corrected chi connectivity index (χ4v) is 4.05. The molecule has 146 valence electrons. The Morgan fingerprint density at radius 3 is 2.04 bits per heavy atom. The van der Waals surface area contributed by atoms with Crippen molar-refractivity contribution in [3.63, 3.8) is 0 Å². The number of carbonyl (C=O) groups excluding carboxylic acids is 2. The highest BCUT2D eigenvalue weighted by Gasteiger charge is 2.22. The molecule has 28 heavy (non-hydrogen) atoms. The van der Waals surface area contributed by atoms with Crippen LogP contribution >= 0.6 is 22.7 Å². The van der Waals surface area contributed by atoms with Crippen LogP contribution in [0.25, 0.3) is 0 Å². The summed E-state index contributed by atoms with van der Waals surface area (Å²) in [6.07, 6.45) is 0. The van der Waals surface area contributed by atoms with Crippen LogP contribution in [0.5, 0.6) is 0 Å². The molecule has 1 aromatic carbocycles. The fraction of sp³-hybridized carbons (Fsp3) is 0.273. The molecule has 0 saturated carbocycles. The van der Waals surface area contributed by atoms with Crippen molar-refractivity contribution >= 4 is 40.2 Å². The maximum atomic E-state index is 13.3. The van der Waals surface area contributed by atoms with E-state index < -0.39 is 5.41 Å². The van der Waals surface area contributed by atoms with Gasteiger partial charge in [0.2, 0.25) is 5.91 Å². The molecule has 0 saturated heterocycles. The molecule has 0 bridgehead atoms. The average Bonchev–Trinajstić information content (AvgIpc) is 3.34. The van der Waals surface area contributed by atoms with Gasteiger partial charge in [-0.2, -0.15) is 0 Å². The number of benzene rings is 1. The highest BCUT2D eigenvalue weighted by atomic mass is 32.1. The van der Waals surface area contributed by atoms with Gasteiger partial charge in [-0.25, -0.2) is 0 Å². The normalized spacial score (nSPS) is 11.2. The van der Waals surface area contributed by atoms with Gasteiger partial charge in [-0.1, -0.05) is 39.0 Å². The van der Waals surface area contributed by atoms with Crippen molar-refractivity contribution in [2.75, 3.05) is 5.32 Å². The Morgan fingerprint density at radius 2 is 1.54 bits per heavy atom. The Labute approximate surface area is 173 Å². The monoisotopic (exact) mass is 412 g/mol. The van der Waals surface area contributed by atoms with Crippen LogP contribution < -0.4 is 5.32 Å². The number of thiophene rings is 2.